The Bertz CT molecular complexity index is 539. The van der Waals surface area contributed by atoms with Gasteiger partial charge in [0, 0.05) is 0 Å². The lowest BCUT2D eigenvalue weighted by atomic mass is 10.2. The average molecular weight is 344 g/mol. The van der Waals surface area contributed by atoms with Crippen molar-refractivity contribution in [2.75, 3.05) is 6.67 Å². The predicted molar refractivity (Wildman–Crippen MR) is 43.1 cm³/mol. The Morgan fingerprint density at radius 1 is 0.895 bits per heavy atom. The first-order chi connectivity index (χ1) is 8.02. The third-order valence-electron chi connectivity index (χ3n) is 1.50. The van der Waals surface area contributed by atoms with Crippen LogP contribution in [0, 0.1) is 0 Å². The normalized spacial score (nSPS) is 15.6. The molecule has 0 aliphatic heterocycles. The highest BCUT2D eigenvalue weighted by Crippen LogP contribution is 2.50. The van der Waals surface area contributed by atoms with E-state index >= 15 is 0 Å². The van der Waals surface area contributed by atoms with E-state index in [9.17, 15) is 51.5 Å². The van der Waals surface area contributed by atoms with E-state index in [1.807, 2.05) is 0 Å². The van der Waals surface area contributed by atoms with Crippen LogP contribution in [-0.2, 0) is 20.4 Å². The summed E-state index contributed by atoms with van der Waals surface area (Å²) in [7, 11) is -13.8. The molecule has 15 heteroatoms. The van der Waals surface area contributed by atoms with Gasteiger partial charge in [-0.25, -0.2) is 21.2 Å². The molecule has 5 nitrogen and oxygen atoms in total. The van der Waals surface area contributed by atoms with Gasteiger partial charge in [0.15, 0.2) is 16.7 Å². The van der Waals surface area contributed by atoms with Crippen LogP contribution in [0.1, 0.15) is 0 Å². The Balaban J connectivity index is 5.88. The second-order valence-corrected chi connectivity index (χ2v) is 5.77. The fraction of sp³-hybridized carbons (Fsp3) is 1.00. The Labute approximate surface area is 101 Å². The molecule has 0 aromatic rings. The van der Waals surface area contributed by atoms with Crippen molar-refractivity contribution < 1.29 is 51.5 Å². The van der Waals surface area contributed by atoms with E-state index in [4.69, 9.17) is 0 Å². The number of alkyl halides is 7. The molecule has 0 saturated carbocycles. The summed E-state index contributed by atoms with van der Waals surface area (Å²) in [5.74, 6) is -13.0. The number of halogens is 8. The lowest BCUT2D eigenvalue weighted by Crippen LogP contribution is -2.58. The van der Waals surface area contributed by atoms with E-state index in [0.29, 0.717) is 0 Å². The van der Waals surface area contributed by atoms with E-state index in [1.54, 1.807) is 0 Å². The fourth-order valence-corrected chi connectivity index (χ4v) is 2.41. The lowest BCUT2D eigenvalue weighted by molar-refractivity contribution is -0.282. The highest BCUT2D eigenvalue weighted by atomic mass is 32.3. The molecule has 19 heavy (non-hydrogen) atoms. The number of nitrogens with zero attached hydrogens (tertiary/aromatic N) is 1. The molecule has 0 heterocycles. The molecule has 0 rings (SSSR count). The van der Waals surface area contributed by atoms with Gasteiger partial charge in [0.05, 0.1) is 0 Å². The third kappa shape index (κ3) is 3.25. The van der Waals surface area contributed by atoms with Crippen molar-refractivity contribution in [3.63, 3.8) is 0 Å². The van der Waals surface area contributed by atoms with Gasteiger partial charge in [-0.2, -0.15) is 26.3 Å². The number of hydrogen-bond donors (Lipinski definition) is 0. The lowest BCUT2D eigenvalue weighted by Gasteiger charge is -2.33. The van der Waals surface area contributed by atoms with Crippen molar-refractivity contribution >= 4 is 20.4 Å². The third-order valence-corrected chi connectivity index (χ3v) is 3.91. The zero-order chi connectivity index (χ0) is 15.9. The molecular weight excluding hydrogens is 342 g/mol. The minimum absolute atomic E-state index is 0.719. The maximum atomic E-state index is 12.7. The molecule has 0 aromatic heterocycles. The Hall–Kier alpha value is -0.700. The maximum absolute atomic E-state index is 12.7. The van der Waals surface area contributed by atoms with Crippen LogP contribution in [0.4, 0.5) is 34.6 Å². The first kappa shape index (κ1) is 18.3. The highest BCUT2D eigenvalue weighted by molar-refractivity contribution is 8.10. The van der Waals surface area contributed by atoms with Gasteiger partial charge in [-0.05, 0) is 0 Å². The molecule has 0 radical (unpaired) electrons. The van der Waals surface area contributed by atoms with E-state index < -0.39 is 44.2 Å². The highest BCUT2D eigenvalue weighted by Gasteiger charge is 2.75. The molecule has 0 fully saturated rings. The van der Waals surface area contributed by atoms with Crippen molar-refractivity contribution in [1.29, 1.82) is 0 Å². The average Bonchev–Trinajstić information content (AvgIpc) is 2.12. The second kappa shape index (κ2) is 4.69. The molecule has 0 bridgehead atoms. The monoisotopic (exact) mass is 344 g/mol. The van der Waals surface area contributed by atoms with Crippen LogP contribution < -0.4 is 0 Å². The summed E-state index contributed by atoms with van der Waals surface area (Å²) in [5, 5.41) is -6.85. The summed E-state index contributed by atoms with van der Waals surface area (Å²) in [6.07, 6.45) is 0. The summed E-state index contributed by atoms with van der Waals surface area (Å²) in [6.45, 7) is -3.38. The molecule has 0 amide bonds. The van der Waals surface area contributed by atoms with Gasteiger partial charge in [-0.1, -0.05) is 0 Å². The van der Waals surface area contributed by atoms with Gasteiger partial charge < -0.3 is 4.13 Å². The molecule has 0 spiro atoms. The predicted octanol–water partition coefficient (Wildman–Crippen LogP) is 1.74. The van der Waals surface area contributed by atoms with Crippen LogP contribution >= 0.6 is 0 Å². The minimum Gasteiger partial charge on any atom is -0.402 e. The van der Waals surface area contributed by atoms with Crippen LogP contribution in [0.15, 0.2) is 0 Å². The largest absolute Gasteiger partial charge is 0.402 e. The van der Waals surface area contributed by atoms with Gasteiger partial charge in [0.25, 0.3) is 0 Å². The molecule has 0 N–H and O–H groups in total. The van der Waals surface area contributed by atoms with Gasteiger partial charge >= 0.3 is 17.1 Å². The molecular formula is C4H2F8NO4S2-. The summed E-state index contributed by atoms with van der Waals surface area (Å²) in [4.78, 5) is 0. The SMILES string of the molecule is O=S(=O)(F)[N-]S(=O)(=O)C(F)(F)C(F)(F)C(F)(F)CF. The zero-order valence-electron chi connectivity index (χ0n) is 8.13. The summed E-state index contributed by atoms with van der Waals surface area (Å²) < 4.78 is 139. The van der Waals surface area contributed by atoms with Gasteiger partial charge in [0.2, 0.25) is 10.4 Å². The van der Waals surface area contributed by atoms with Gasteiger partial charge in [0.1, 0.15) is 0 Å². The van der Waals surface area contributed by atoms with E-state index in [2.05, 4.69) is 0 Å². The Kier molecular flexibility index (Phi) is 4.52. The standard InChI is InChI=1S/C4H2F8NO4S2/c5-1-2(6,7)3(8,9)4(10,11)18(14,15)13-19(12,16)17/h1H2/q-1. The first-order valence-electron chi connectivity index (χ1n) is 3.64. The summed E-state index contributed by atoms with van der Waals surface area (Å²) in [5.41, 5.74) is 0. The van der Waals surface area contributed by atoms with Crippen LogP contribution in [0.3, 0.4) is 0 Å². The number of rotatable bonds is 6. The van der Waals surface area contributed by atoms with Crippen molar-refractivity contribution in [1.82, 2.24) is 0 Å². The molecule has 0 aromatic carbocycles. The van der Waals surface area contributed by atoms with Crippen molar-refractivity contribution in [2.45, 2.75) is 17.1 Å². The van der Waals surface area contributed by atoms with E-state index in [0.717, 1.165) is 4.13 Å². The summed E-state index contributed by atoms with van der Waals surface area (Å²) in [6, 6.07) is 0. The maximum Gasteiger partial charge on any atom is 0.398 e. The molecule has 116 valence electrons. The van der Waals surface area contributed by atoms with E-state index in [-0.39, 0.29) is 0 Å². The van der Waals surface area contributed by atoms with Gasteiger partial charge in [-0.15, -0.1) is 3.89 Å². The quantitative estimate of drug-likeness (QED) is 0.543. The Morgan fingerprint density at radius 2 is 1.26 bits per heavy atom. The topological polar surface area (TPSA) is 82.4 Å². The molecule has 0 unspecified atom stereocenters. The minimum atomic E-state index is -7.24. The molecule has 0 aliphatic carbocycles. The first-order valence-corrected chi connectivity index (χ1v) is 6.43. The Morgan fingerprint density at radius 3 is 1.53 bits per heavy atom. The fourth-order valence-electron chi connectivity index (χ4n) is 0.623. The van der Waals surface area contributed by atoms with Crippen LogP contribution in [0.25, 0.3) is 4.13 Å². The molecule has 0 atom stereocenters. The zero-order valence-corrected chi connectivity index (χ0v) is 9.76. The molecule has 0 saturated heterocycles. The number of sulfonamides is 1. The van der Waals surface area contributed by atoms with Crippen molar-refractivity contribution in [2.24, 2.45) is 0 Å². The van der Waals surface area contributed by atoms with Crippen molar-refractivity contribution in [3.8, 4) is 0 Å². The van der Waals surface area contributed by atoms with Gasteiger partial charge in [-0.3, -0.25) is 0 Å². The smallest absolute Gasteiger partial charge is 0.398 e. The van der Waals surface area contributed by atoms with Crippen LogP contribution in [0.5, 0.6) is 0 Å². The molecule has 0 aliphatic rings. The van der Waals surface area contributed by atoms with E-state index in [1.165, 1.54) is 0 Å². The second-order valence-electron chi connectivity index (χ2n) is 2.89. The number of hydrogen-bond acceptors (Lipinski definition) is 4. The van der Waals surface area contributed by atoms with Crippen molar-refractivity contribution in [3.05, 3.63) is 4.13 Å². The summed E-state index contributed by atoms with van der Waals surface area (Å²) >= 11 is 0. The van der Waals surface area contributed by atoms with Crippen LogP contribution in [0.2, 0.25) is 0 Å². The van der Waals surface area contributed by atoms with Crippen LogP contribution in [-0.4, -0.2) is 40.6 Å².